The van der Waals surface area contributed by atoms with E-state index in [9.17, 15) is 9.59 Å². The Labute approximate surface area is 171 Å². The molecule has 0 aliphatic heterocycles. The average Bonchev–Trinajstić information content (AvgIpc) is 3.20. The zero-order valence-corrected chi connectivity index (χ0v) is 18.0. The maximum Gasteiger partial charge on any atom is 0.341 e. The molecule has 5 nitrogen and oxygen atoms in total. The molecule has 0 bridgehead atoms. The number of anilines is 1. The number of hydrogen-bond donors (Lipinski definition) is 1. The molecule has 0 fully saturated rings. The van der Waals surface area contributed by atoms with Gasteiger partial charge < -0.3 is 14.8 Å². The summed E-state index contributed by atoms with van der Waals surface area (Å²) in [5.74, 6) is 0.260. The minimum Gasteiger partial charge on any atom is -0.483 e. The zero-order chi connectivity index (χ0) is 19.6. The summed E-state index contributed by atoms with van der Waals surface area (Å²) in [5.41, 5.74) is 2.54. The number of carbonyl (C=O) groups excluding carboxylic acids is 2. The highest BCUT2D eigenvalue weighted by Crippen LogP contribution is 2.39. The van der Waals surface area contributed by atoms with Gasteiger partial charge in [-0.15, -0.1) is 11.3 Å². The second kappa shape index (κ2) is 8.44. The minimum atomic E-state index is -0.402. The Balaban J connectivity index is 1.72. The Kier molecular flexibility index (Phi) is 6.22. The average molecular weight is 452 g/mol. The molecule has 1 aromatic heterocycles. The minimum absolute atomic E-state index is 0.121. The molecular formula is C20H22BrNO4S. The second-order valence-corrected chi connectivity index (χ2v) is 8.75. The number of carbonyl (C=O) groups is 2. The van der Waals surface area contributed by atoms with Gasteiger partial charge in [0, 0.05) is 9.35 Å². The van der Waals surface area contributed by atoms with Gasteiger partial charge in [0.1, 0.15) is 10.8 Å². The van der Waals surface area contributed by atoms with E-state index < -0.39 is 5.97 Å². The lowest BCUT2D eigenvalue weighted by Crippen LogP contribution is -2.21. The van der Waals surface area contributed by atoms with Crippen LogP contribution in [-0.2, 0) is 22.4 Å². The van der Waals surface area contributed by atoms with Gasteiger partial charge in [-0.05, 0) is 54.5 Å². The van der Waals surface area contributed by atoms with E-state index in [4.69, 9.17) is 9.47 Å². The molecule has 27 heavy (non-hydrogen) atoms. The molecule has 1 aromatic carbocycles. The predicted molar refractivity (Wildman–Crippen MR) is 110 cm³/mol. The van der Waals surface area contributed by atoms with Gasteiger partial charge in [-0.1, -0.05) is 29.8 Å². The molecule has 7 heteroatoms. The van der Waals surface area contributed by atoms with Gasteiger partial charge in [-0.3, -0.25) is 4.79 Å². The molecule has 0 saturated heterocycles. The van der Waals surface area contributed by atoms with E-state index in [2.05, 4.69) is 35.1 Å². The van der Waals surface area contributed by atoms with Crippen LogP contribution in [0.2, 0.25) is 0 Å². The van der Waals surface area contributed by atoms with E-state index in [1.165, 1.54) is 18.4 Å². The molecule has 0 unspecified atom stereocenters. The van der Waals surface area contributed by atoms with Crippen molar-refractivity contribution in [3.05, 3.63) is 44.2 Å². The maximum absolute atomic E-state index is 12.4. The third kappa shape index (κ3) is 4.35. The fraction of sp³-hybridized carbons (Fsp3) is 0.400. The first-order valence-electron chi connectivity index (χ1n) is 8.85. The van der Waals surface area contributed by atoms with Gasteiger partial charge >= 0.3 is 5.97 Å². The molecule has 0 spiro atoms. The van der Waals surface area contributed by atoms with Crippen molar-refractivity contribution in [2.24, 2.45) is 0 Å². The summed E-state index contributed by atoms with van der Waals surface area (Å²) in [4.78, 5) is 25.8. The third-order valence-corrected chi connectivity index (χ3v) is 6.22. The molecule has 1 aliphatic carbocycles. The van der Waals surface area contributed by atoms with Crippen LogP contribution < -0.4 is 10.1 Å². The zero-order valence-electron chi connectivity index (χ0n) is 15.6. The summed E-state index contributed by atoms with van der Waals surface area (Å²) in [6, 6.07) is 5.74. The van der Waals surface area contributed by atoms with E-state index in [0.29, 0.717) is 16.3 Å². The summed E-state index contributed by atoms with van der Waals surface area (Å²) in [5, 5.41) is 3.39. The van der Waals surface area contributed by atoms with Crippen molar-refractivity contribution >= 4 is 44.1 Å². The number of methoxy groups -OCH3 is 1. The number of thiophene rings is 1. The van der Waals surface area contributed by atoms with Crippen molar-refractivity contribution in [2.45, 2.75) is 39.0 Å². The molecule has 144 valence electrons. The second-order valence-electron chi connectivity index (χ2n) is 6.73. The molecule has 1 amide bonds. The summed E-state index contributed by atoms with van der Waals surface area (Å²) >= 11 is 4.92. The predicted octanol–water partition coefficient (Wildman–Crippen LogP) is 4.93. The first kappa shape index (κ1) is 19.9. The van der Waals surface area contributed by atoms with Crippen molar-refractivity contribution in [2.75, 3.05) is 19.0 Å². The van der Waals surface area contributed by atoms with Crippen LogP contribution in [0.1, 0.15) is 52.5 Å². The molecule has 1 N–H and O–H groups in total. The molecule has 2 aromatic rings. The van der Waals surface area contributed by atoms with Crippen LogP contribution in [0.15, 0.2) is 22.7 Å². The smallest absolute Gasteiger partial charge is 0.341 e. The largest absolute Gasteiger partial charge is 0.483 e. The number of ether oxygens (including phenoxy) is 2. The number of fused-ring (bicyclic) bond motifs is 1. The monoisotopic (exact) mass is 451 g/mol. The molecule has 1 aliphatic rings. The number of halogens is 1. The van der Waals surface area contributed by atoms with Crippen LogP contribution >= 0.6 is 27.3 Å². The van der Waals surface area contributed by atoms with Gasteiger partial charge in [0.2, 0.25) is 0 Å². The van der Waals surface area contributed by atoms with Crippen LogP contribution in [0.25, 0.3) is 0 Å². The Morgan fingerprint density at radius 1 is 1.30 bits per heavy atom. The van der Waals surface area contributed by atoms with Gasteiger partial charge in [0.25, 0.3) is 5.91 Å². The molecule has 0 saturated carbocycles. The highest BCUT2D eigenvalue weighted by atomic mass is 79.9. The highest BCUT2D eigenvalue weighted by molar-refractivity contribution is 9.10. The highest BCUT2D eigenvalue weighted by Gasteiger charge is 2.28. The number of esters is 1. The Bertz CT molecular complexity index is 875. The topological polar surface area (TPSA) is 64.6 Å². The summed E-state index contributed by atoms with van der Waals surface area (Å²) in [6.07, 6.45) is 2.82. The SMILES string of the molecule is COC(=O)c1c(NC(=O)COc2ccc(Br)cc2C(C)C)sc2c1CCC2. The van der Waals surface area contributed by atoms with Gasteiger partial charge in [-0.25, -0.2) is 4.79 Å². The van der Waals surface area contributed by atoms with Crippen molar-refractivity contribution in [3.63, 3.8) is 0 Å². The van der Waals surface area contributed by atoms with Crippen LogP contribution in [0.5, 0.6) is 5.75 Å². The van der Waals surface area contributed by atoms with Crippen LogP contribution in [-0.4, -0.2) is 25.6 Å². The fourth-order valence-electron chi connectivity index (χ4n) is 3.22. The quantitative estimate of drug-likeness (QED) is 0.632. The van der Waals surface area contributed by atoms with Crippen LogP contribution in [0.4, 0.5) is 5.00 Å². The van der Waals surface area contributed by atoms with E-state index in [1.807, 2.05) is 18.2 Å². The summed E-state index contributed by atoms with van der Waals surface area (Å²) in [7, 11) is 1.36. The number of hydrogen-bond acceptors (Lipinski definition) is 5. The molecule has 1 heterocycles. The Morgan fingerprint density at radius 2 is 2.07 bits per heavy atom. The van der Waals surface area contributed by atoms with E-state index in [1.54, 1.807) is 0 Å². The molecule has 0 atom stereocenters. The van der Waals surface area contributed by atoms with Crippen LogP contribution in [0.3, 0.4) is 0 Å². The van der Waals surface area contributed by atoms with Crippen molar-refractivity contribution in [3.8, 4) is 5.75 Å². The number of aryl methyl sites for hydroxylation is 1. The third-order valence-electron chi connectivity index (χ3n) is 4.52. The maximum atomic E-state index is 12.4. The first-order valence-corrected chi connectivity index (χ1v) is 10.5. The van der Waals surface area contributed by atoms with E-state index in [0.717, 1.165) is 39.7 Å². The molecule has 0 radical (unpaired) electrons. The van der Waals surface area contributed by atoms with E-state index >= 15 is 0 Å². The Morgan fingerprint density at radius 3 is 2.78 bits per heavy atom. The lowest BCUT2D eigenvalue weighted by molar-refractivity contribution is -0.118. The van der Waals surface area contributed by atoms with E-state index in [-0.39, 0.29) is 18.4 Å². The normalized spacial score (nSPS) is 12.8. The fourth-order valence-corrected chi connectivity index (χ4v) is 4.89. The van der Waals surface area contributed by atoms with Gasteiger partial charge in [0.05, 0.1) is 12.7 Å². The lowest BCUT2D eigenvalue weighted by atomic mass is 10.0. The standard InChI is InChI=1S/C20H22BrNO4S/c1-11(2)14-9-12(21)7-8-15(14)26-10-17(23)22-19-18(20(24)25-3)13-5-4-6-16(13)27-19/h7-9,11H,4-6,10H2,1-3H3,(H,22,23). The number of rotatable bonds is 6. The van der Waals surface area contributed by atoms with Gasteiger partial charge in [-0.2, -0.15) is 0 Å². The number of nitrogens with one attached hydrogen (secondary N) is 1. The van der Waals surface area contributed by atoms with Crippen molar-refractivity contribution in [1.29, 1.82) is 0 Å². The van der Waals surface area contributed by atoms with Crippen molar-refractivity contribution < 1.29 is 19.1 Å². The summed E-state index contributed by atoms with van der Waals surface area (Å²) < 4.78 is 11.6. The Hall–Kier alpha value is -1.86. The van der Waals surface area contributed by atoms with Gasteiger partial charge in [0.15, 0.2) is 6.61 Å². The van der Waals surface area contributed by atoms with Crippen molar-refractivity contribution in [1.82, 2.24) is 0 Å². The number of benzene rings is 1. The first-order chi connectivity index (χ1) is 12.9. The number of amides is 1. The molecular weight excluding hydrogens is 430 g/mol. The summed E-state index contributed by atoms with van der Waals surface area (Å²) in [6.45, 7) is 4.03. The lowest BCUT2D eigenvalue weighted by Gasteiger charge is -2.14. The van der Waals surface area contributed by atoms with Crippen LogP contribution in [0, 0.1) is 0 Å². The molecule has 3 rings (SSSR count).